The topological polar surface area (TPSA) is 88.4 Å². The number of amides is 1. The second-order valence-electron chi connectivity index (χ2n) is 6.58. The van der Waals surface area contributed by atoms with Crippen LogP contribution in [0.3, 0.4) is 0 Å². The maximum atomic E-state index is 12.7. The molecule has 1 aromatic carbocycles. The molecular formula is C18H16ClF3N4O3. The van der Waals surface area contributed by atoms with Crippen molar-refractivity contribution in [3.63, 3.8) is 0 Å². The van der Waals surface area contributed by atoms with Crippen LogP contribution in [0.4, 0.5) is 30.4 Å². The Labute approximate surface area is 168 Å². The third-order valence-corrected chi connectivity index (χ3v) is 4.94. The zero-order valence-corrected chi connectivity index (χ0v) is 15.7. The van der Waals surface area contributed by atoms with Gasteiger partial charge >= 0.3 is 6.18 Å². The number of hydrogen-bond acceptors (Lipinski definition) is 5. The first-order valence-electron chi connectivity index (χ1n) is 8.68. The summed E-state index contributed by atoms with van der Waals surface area (Å²) in [6.45, 7) is 0.826. The van der Waals surface area contributed by atoms with E-state index in [1.807, 2.05) is 0 Å². The minimum atomic E-state index is -4.52. The van der Waals surface area contributed by atoms with E-state index in [-0.39, 0.29) is 28.4 Å². The molecule has 0 aliphatic carbocycles. The first-order chi connectivity index (χ1) is 13.6. The maximum absolute atomic E-state index is 12.7. The number of nitro groups is 1. The number of aromatic nitrogens is 1. The Hall–Kier alpha value is -2.88. The molecule has 1 aromatic heterocycles. The summed E-state index contributed by atoms with van der Waals surface area (Å²) in [4.78, 5) is 28.2. The molecule has 1 saturated heterocycles. The number of pyridine rings is 1. The first kappa shape index (κ1) is 20.8. The standard InChI is InChI=1S/C18H16ClF3N4O3/c19-15-9-12(18(20,21)22)10-23-16(15)25-7-5-11(6-8-25)17(27)24-13-1-3-14(4-2-13)26(28)29/h1-4,9-11H,5-8H2,(H,24,27). The molecule has 7 nitrogen and oxygen atoms in total. The number of nitrogens with zero attached hydrogens (tertiary/aromatic N) is 3. The number of anilines is 2. The molecule has 0 unspecified atom stereocenters. The smallest absolute Gasteiger partial charge is 0.355 e. The van der Waals surface area contributed by atoms with E-state index in [0.717, 1.165) is 12.3 Å². The lowest BCUT2D eigenvalue weighted by molar-refractivity contribution is -0.384. The van der Waals surface area contributed by atoms with E-state index in [9.17, 15) is 28.1 Å². The summed E-state index contributed by atoms with van der Waals surface area (Å²) >= 11 is 5.98. The van der Waals surface area contributed by atoms with Crippen molar-refractivity contribution in [1.29, 1.82) is 0 Å². The average molecular weight is 429 g/mol. The Balaban J connectivity index is 1.58. The summed E-state index contributed by atoms with van der Waals surface area (Å²) in [5.41, 5.74) is -0.531. The first-order valence-corrected chi connectivity index (χ1v) is 9.06. The van der Waals surface area contributed by atoms with E-state index in [0.29, 0.717) is 31.6 Å². The number of alkyl halides is 3. The molecule has 29 heavy (non-hydrogen) atoms. The van der Waals surface area contributed by atoms with Gasteiger partial charge in [-0.2, -0.15) is 13.2 Å². The van der Waals surface area contributed by atoms with Gasteiger partial charge in [0, 0.05) is 43.0 Å². The monoisotopic (exact) mass is 428 g/mol. The molecule has 1 aliphatic heterocycles. The zero-order valence-electron chi connectivity index (χ0n) is 14.9. The molecule has 2 aromatic rings. The van der Waals surface area contributed by atoms with Gasteiger partial charge in [0.05, 0.1) is 15.5 Å². The van der Waals surface area contributed by atoms with Crippen molar-refractivity contribution in [1.82, 2.24) is 4.98 Å². The molecule has 154 valence electrons. The van der Waals surface area contributed by atoms with Crippen LogP contribution in [0.1, 0.15) is 18.4 Å². The zero-order chi connectivity index (χ0) is 21.2. The molecule has 1 amide bonds. The van der Waals surface area contributed by atoms with Gasteiger partial charge in [0.1, 0.15) is 5.82 Å². The number of non-ortho nitro benzene ring substituents is 1. The number of carbonyl (C=O) groups is 1. The Kier molecular flexibility index (Phi) is 5.92. The van der Waals surface area contributed by atoms with Gasteiger partial charge in [-0.1, -0.05) is 11.6 Å². The Morgan fingerprint density at radius 1 is 1.24 bits per heavy atom. The van der Waals surface area contributed by atoms with Crippen LogP contribution in [0, 0.1) is 16.0 Å². The maximum Gasteiger partial charge on any atom is 0.417 e. The summed E-state index contributed by atoms with van der Waals surface area (Å²) in [7, 11) is 0. The summed E-state index contributed by atoms with van der Waals surface area (Å²) < 4.78 is 38.2. The van der Waals surface area contributed by atoms with Crippen molar-refractivity contribution in [2.75, 3.05) is 23.3 Å². The number of nitrogens with one attached hydrogen (secondary N) is 1. The van der Waals surface area contributed by atoms with Crippen molar-refractivity contribution in [2.45, 2.75) is 19.0 Å². The number of carbonyl (C=O) groups excluding carboxylic acids is 1. The molecule has 1 fully saturated rings. The van der Waals surface area contributed by atoms with Crippen LogP contribution in [0.5, 0.6) is 0 Å². The van der Waals surface area contributed by atoms with Gasteiger partial charge in [-0.15, -0.1) is 0 Å². The van der Waals surface area contributed by atoms with E-state index in [1.54, 1.807) is 4.90 Å². The molecule has 11 heteroatoms. The van der Waals surface area contributed by atoms with Crippen LogP contribution >= 0.6 is 11.6 Å². The van der Waals surface area contributed by atoms with Crippen molar-refractivity contribution < 1.29 is 22.9 Å². The average Bonchev–Trinajstić information content (AvgIpc) is 2.68. The summed E-state index contributed by atoms with van der Waals surface area (Å²) in [6, 6.07) is 6.36. The lowest BCUT2D eigenvalue weighted by atomic mass is 9.95. The number of nitro benzene ring substituents is 1. The highest BCUT2D eigenvalue weighted by molar-refractivity contribution is 6.33. The van der Waals surface area contributed by atoms with Gasteiger partial charge in [0.2, 0.25) is 5.91 Å². The summed E-state index contributed by atoms with van der Waals surface area (Å²) in [6.07, 6.45) is -2.83. The fourth-order valence-electron chi connectivity index (χ4n) is 3.08. The van der Waals surface area contributed by atoms with Gasteiger partial charge in [0.15, 0.2) is 0 Å². The highest BCUT2D eigenvalue weighted by Gasteiger charge is 2.33. The third-order valence-electron chi connectivity index (χ3n) is 4.66. The molecule has 2 heterocycles. The van der Waals surface area contributed by atoms with Crippen molar-refractivity contribution in [3.05, 3.63) is 57.2 Å². The lowest BCUT2D eigenvalue weighted by Crippen LogP contribution is -2.38. The van der Waals surface area contributed by atoms with Gasteiger partial charge in [0.25, 0.3) is 5.69 Å². The van der Waals surface area contributed by atoms with Gasteiger partial charge in [-0.25, -0.2) is 4.98 Å². The number of halogens is 4. The Morgan fingerprint density at radius 3 is 2.38 bits per heavy atom. The number of rotatable bonds is 4. The van der Waals surface area contributed by atoms with E-state index in [1.165, 1.54) is 24.3 Å². The summed E-state index contributed by atoms with van der Waals surface area (Å²) in [5.74, 6) is -0.256. The number of hydrogen-bond donors (Lipinski definition) is 1. The molecule has 3 rings (SSSR count). The van der Waals surface area contributed by atoms with Crippen molar-refractivity contribution in [3.8, 4) is 0 Å². The lowest BCUT2D eigenvalue weighted by Gasteiger charge is -2.32. The largest absolute Gasteiger partial charge is 0.417 e. The SMILES string of the molecule is O=C(Nc1ccc([N+](=O)[O-])cc1)C1CCN(c2ncc(C(F)(F)F)cc2Cl)CC1. The highest BCUT2D eigenvalue weighted by atomic mass is 35.5. The predicted octanol–water partition coefficient (Wildman–Crippen LogP) is 4.52. The van der Waals surface area contributed by atoms with Crippen molar-refractivity contribution >= 4 is 34.7 Å². The van der Waals surface area contributed by atoms with Gasteiger partial charge in [-0.3, -0.25) is 14.9 Å². The van der Waals surface area contributed by atoms with Crippen LogP contribution in [-0.2, 0) is 11.0 Å². The quantitative estimate of drug-likeness (QED) is 0.571. The molecule has 0 radical (unpaired) electrons. The van der Waals surface area contributed by atoms with Crippen molar-refractivity contribution in [2.24, 2.45) is 5.92 Å². The number of benzene rings is 1. The number of piperidine rings is 1. The third kappa shape index (κ3) is 4.94. The normalized spacial score (nSPS) is 15.2. The summed E-state index contributed by atoms with van der Waals surface area (Å²) in [5, 5.41) is 13.3. The Morgan fingerprint density at radius 2 is 1.86 bits per heavy atom. The van der Waals surface area contributed by atoms with Crippen LogP contribution < -0.4 is 10.2 Å². The van der Waals surface area contributed by atoms with E-state index >= 15 is 0 Å². The fourth-order valence-corrected chi connectivity index (χ4v) is 3.37. The minimum absolute atomic E-state index is 0.0720. The fraction of sp³-hybridized carbons (Fsp3) is 0.333. The Bertz CT molecular complexity index is 914. The highest BCUT2D eigenvalue weighted by Crippen LogP contribution is 2.34. The molecule has 0 spiro atoms. The van der Waals surface area contributed by atoms with E-state index in [2.05, 4.69) is 10.3 Å². The molecule has 1 aliphatic rings. The molecular weight excluding hydrogens is 413 g/mol. The molecule has 1 N–H and O–H groups in total. The molecule has 0 atom stereocenters. The van der Waals surface area contributed by atoms with Crippen LogP contribution in [0.2, 0.25) is 5.02 Å². The second-order valence-corrected chi connectivity index (χ2v) is 6.99. The minimum Gasteiger partial charge on any atom is -0.355 e. The van der Waals surface area contributed by atoms with Crippen LogP contribution in [-0.4, -0.2) is 28.9 Å². The predicted molar refractivity (Wildman–Crippen MR) is 101 cm³/mol. The van der Waals surface area contributed by atoms with E-state index < -0.39 is 16.7 Å². The van der Waals surface area contributed by atoms with Crippen LogP contribution in [0.15, 0.2) is 36.5 Å². The van der Waals surface area contributed by atoms with Gasteiger partial charge < -0.3 is 10.2 Å². The van der Waals surface area contributed by atoms with Gasteiger partial charge in [-0.05, 0) is 31.0 Å². The second kappa shape index (κ2) is 8.24. The van der Waals surface area contributed by atoms with E-state index in [4.69, 9.17) is 11.6 Å². The van der Waals surface area contributed by atoms with Crippen LogP contribution in [0.25, 0.3) is 0 Å². The molecule has 0 saturated carbocycles. The molecule has 0 bridgehead atoms.